The SMILES string of the molecule is C[C@H](NC(=O)[C@H](Cc1ccc(O)cc1)NC(=O)[C@@H]1CCCN1c1cc(CO)cc2ccccc12)C(=O)O. The molecule has 9 nitrogen and oxygen atoms in total. The second kappa shape index (κ2) is 11.3. The molecule has 0 radical (unpaired) electrons. The number of nitrogens with one attached hydrogen (secondary N) is 2. The molecule has 0 unspecified atom stereocenters. The minimum atomic E-state index is -1.18. The summed E-state index contributed by atoms with van der Waals surface area (Å²) in [6, 6.07) is 15.2. The Hall–Kier alpha value is -4.11. The van der Waals surface area contributed by atoms with E-state index in [1.54, 1.807) is 12.1 Å². The second-order valence-corrected chi connectivity index (χ2v) is 9.35. The molecular formula is C28H31N3O6. The number of aliphatic hydroxyl groups excluding tert-OH is 1. The van der Waals surface area contributed by atoms with E-state index >= 15 is 0 Å². The first-order valence-corrected chi connectivity index (χ1v) is 12.3. The van der Waals surface area contributed by atoms with E-state index in [-0.39, 0.29) is 24.7 Å². The summed E-state index contributed by atoms with van der Waals surface area (Å²) in [5, 5.41) is 35.8. The molecule has 1 heterocycles. The van der Waals surface area contributed by atoms with Crippen LogP contribution in [0.2, 0.25) is 0 Å². The van der Waals surface area contributed by atoms with Gasteiger partial charge in [-0.3, -0.25) is 14.4 Å². The van der Waals surface area contributed by atoms with Gasteiger partial charge in [0.15, 0.2) is 0 Å². The summed E-state index contributed by atoms with van der Waals surface area (Å²) in [6.45, 7) is 1.87. The van der Waals surface area contributed by atoms with E-state index in [2.05, 4.69) is 10.6 Å². The van der Waals surface area contributed by atoms with Crippen LogP contribution in [0.4, 0.5) is 5.69 Å². The quantitative estimate of drug-likeness (QED) is 0.301. The van der Waals surface area contributed by atoms with E-state index in [4.69, 9.17) is 0 Å². The van der Waals surface area contributed by atoms with Gasteiger partial charge in [0.25, 0.3) is 0 Å². The zero-order valence-electron chi connectivity index (χ0n) is 20.6. The normalized spacial score (nSPS) is 16.8. The molecule has 1 aliphatic heterocycles. The summed E-state index contributed by atoms with van der Waals surface area (Å²) in [6.07, 6.45) is 1.49. The predicted molar refractivity (Wildman–Crippen MR) is 139 cm³/mol. The van der Waals surface area contributed by atoms with Gasteiger partial charge in [-0.15, -0.1) is 0 Å². The van der Waals surface area contributed by atoms with Gasteiger partial charge in [0, 0.05) is 24.0 Å². The summed E-state index contributed by atoms with van der Waals surface area (Å²) < 4.78 is 0. The maximum absolute atomic E-state index is 13.6. The average Bonchev–Trinajstić information content (AvgIpc) is 3.38. The van der Waals surface area contributed by atoms with Gasteiger partial charge in [-0.25, -0.2) is 0 Å². The molecule has 0 aliphatic carbocycles. The van der Waals surface area contributed by atoms with E-state index in [1.807, 2.05) is 41.3 Å². The Bertz CT molecular complexity index is 1290. The molecule has 0 aromatic heterocycles. The second-order valence-electron chi connectivity index (χ2n) is 9.35. The molecule has 3 aromatic carbocycles. The average molecular weight is 506 g/mol. The van der Waals surface area contributed by atoms with Crippen LogP contribution < -0.4 is 15.5 Å². The number of carbonyl (C=O) groups is 3. The van der Waals surface area contributed by atoms with Crippen molar-refractivity contribution >= 4 is 34.2 Å². The van der Waals surface area contributed by atoms with Gasteiger partial charge in [-0.1, -0.05) is 36.4 Å². The molecule has 1 saturated heterocycles. The third kappa shape index (κ3) is 6.00. The number of phenols is 1. The van der Waals surface area contributed by atoms with Crippen LogP contribution in [0.1, 0.15) is 30.9 Å². The minimum Gasteiger partial charge on any atom is -0.508 e. The van der Waals surface area contributed by atoms with Crippen LogP contribution >= 0.6 is 0 Å². The number of aliphatic hydroxyl groups is 1. The lowest BCUT2D eigenvalue weighted by Gasteiger charge is -2.29. The third-order valence-corrected chi connectivity index (χ3v) is 6.69. The van der Waals surface area contributed by atoms with Crippen molar-refractivity contribution in [3.8, 4) is 5.75 Å². The fourth-order valence-electron chi connectivity index (χ4n) is 4.73. The van der Waals surface area contributed by atoms with E-state index in [1.165, 1.54) is 19.1 Å². The number of fused-ring (bicyclic) bond motifs is 1. The van der Waals surface area contributed by atoms with E-state index < -0.39 is 30.0 Å². The Kier molecular flexibility index (Phi) is 7.93. The lowest BCUT2D eigenvalue weighted by atomic mass is 10.0. The third-order valence-electron chi connectivity index (χ3n) is 6.69. The summed E-state index contributed by atoms with van der Waals surface area (Å²) >= 11 is 0. The smallest absolute Gasteiger partial charge is 0.325 e. The summed E-state index contributed by atoms with van der Waals surface area (Å²) in [7, 11) is 0. The first-order valence-electron chi connectivity index (χ1n) is 12.3. The zero-order valence-corrected chi connectivity index (χ0v) is 20.6. The minimum absolute atomic E-state index is 0.0761. The fraction of sp³-hybridized carbons (Fsp3) is 0.321. The largest absolute Gasteiger partial charge is 0.508 e. The van der Waals surface area contributed by atoms with Crippen molar-refractivity contribution in [2.75, 3.05) is 11.4 Å². The van der Waals surface area contributed by atoms with Crippen molar-refractivity contribution in [2.45, 2.75) is 50.9 Å². The van der Waals surface area contributed by atoms with Gasteiger partial charge in [0.2, 0.25) is 11.8 Å². The highest BCUT2D eigenvalue weighted by Crippen LogP contribution is 2.34. The van der Waals surface area contributed by atoms with Crippen LogP contribution in [0.3, 0.4) is 0 Å². The van der Waals surface area contributed by atoms with E-state index in [9.17, 15) is 29.7 Å². The van der Waals surface area contributed by atoms with Crippen LogP contribution in [0.15, 0.2) is 60.7 Å². The Morgan fingerprint density at radius 1 is 1.03 bits per heavy atom. The molecule has 5 N–H and O–H groups in total. The highest BCUT2D eigenvalue weighted by molar-refractivity contribution is 5.98. The summed E-state index contributed by atoms with van der Waals surface area (Å²) in [4.78, 5) is 39.9. The first kappa shape index (κ1) is 26.0. The van der Waals surface area contributed by atoms with E-state index in [0.29, 0.717) is 18.5 Å². The van der Waals surface area contributed by atoms with Crippen molar-refractivity contribution in [3.63, 3.8) is 0 Å². The van der Waals surface area contributed by atoms with Crippen LogP contribution in [0.25, 0.3) is 10.8 Å². The molecule has 9 heteroatoms. The number of nitrogens with zero attached hydrogens (tertiary/aromatic N) is 1. The summed E-state index contributed by atoms with van der Waals surface area (Å²) in [5.74, 6) is -2.04. The highest BCUT2D eigenvalue weighted by Gasteiger charge is 2.34. The molecule has 0 bridgehead atoms. The predicted octanol–water partition coefficient (Wildman–Crippen LogP) is 2.32. The van der Waals surface area contributed by atoms with Crippen molar-refractivity contribution < 1.29 is 29.7 Å². The molecule has 37 heavy (non-hydrogen) atoms. The number of aromatic hydroxyl groups is 1. The topological polar surface area (TPSA) is 139 Å². The maximum atomic E-state index is 13.6. The molecule has 3 atom stereocenters. The lowest BCUT2D eigenvalue weighted by molar-refractivity contribution is -0.141. The Morgan fingerprint density at radius 3 is 2.46 bits per heavy atom. The number of anilines is 1. The molecule has 1 fully saturated rings. The monoisotopic (exact) mass is 505 g/mol. The maximum Gasteiger partial charge on any atom is 0.325 e. The van der Waals surface area contributed by atoms with Crippen LogP contribution in [-0.4, -0.2) is 57.8 Å². The Morgan fingerprint density at radius 2 is 1.76 bits per heavy atom. The number of aliphatic carboxylic acids is 1. The highest BCUT2D eigenvalue weighted by atomic mass is 16.4. The Labute approximate surface area is 214 Å². The van der Waals surface area contributed by atoms with Gasteiger partial charge in [-0.05, 0) is 60.5 Å². The van der Waals surface area contributed by atoms with Crippen LogP contribution in [-0.2, 0) is 27.4 Å². The molecule has 0 spiro atoms. The number of hydrogen-bond acceptors (Lipinski definition) is 6. The fourth-order valence-corrected chi connectivity index (χ4v) is 4.73. The number of amides is 2. The molecule has 2 amide bonds. The molecule has 4 rings (SSSR count). The number of carboxylic acid groups (broad SMARTS) is 1. The van der Waals surface area contributed by atoms with E-state index in [0.717, 1.165) is 28.4 Å². The molecule has 0 saturated carbocycles. The van der Waals surface area contributed by atoms with Crippen molar-refractivity contribution in [1.82, 2.24) is 10.6 Å². The standard InChI is InChI=1S/C28H31N3O6/c1-17(28(36)37)29-26(34)23(14-18-8-10-21(33)11-9-18)30-27(35)24-7-4-12-31(24)25-15-19(16-32)13-20-5-2-3-6-22(20)25/h2-3,5-6,8-11,13,15,17,23-24,32-33H,4,7,12,14,16H2,1H3,(H,29,34)(H,30,35)(H,36,37)/t17-,23-,24-/m0/s1. The number of rotatable bonds is 9. The molecular weight excluding hydrogens is 474 g/mol. The number of hydrogen-bond donors (Lipinski definition) is 5. The van der Waals surface area contributed by atoms with Gasteiger partial charge >= 0.3 is 5.97 Å². The number of phenolic OH excluding ortho intramolecular Hbond substituents is 1. The van der Waals surface area contributed by atoms with Gasteiger partial charge in [-0.2, -0.15) is 0 Å². The number of carbonyl (C=O) groups excluding carboxylic acids is 2. The van der Waals surface area contributed by atoms with Crippen molar-refractivity contribution in [1.29, 1.82) is 0 Å². The first-order chi connectivity index (χ1) is 17.8. The van der Waals surface area contributed by atoms with Gasteiger partial charge < -0.3 is 30.9 Å². The summed E-state index contributed by atoms with van der Waals surface area (Å²) in [5.41, 5.74) is 2.29. The molecule has 194 valence electrons. The Balaban J connectivity index is 1.60. The van der Waals surface area contributed by atoms with Crippen molar-refractivity contribution in [2.24, 2.45) is 0 Å². The lowest BCUT2D eigenvalue weighted by Crippen LogP contribution is -2.55. The van der Waals surface area contributed by atoms with Crippen LogP contribution in [0, 0.1) is 0 Å². The zero-order chi connectivity index (χ0) is 26.5. The molecule has 3 aromatic rings. The van der Waals surface area contributed by atoms with Gasteiger partial charge in [0.05, 0.1) is 6.61 Å². The van der Waals surface area contributed by atoms with Crippen LogP contribution in [0.5, 0.6) is 5.75 Å². The van der Waals surface area contributed by atoms with Crippen molar-refractivity contribution in [3.05, 3.63) is 71.8 Å². The number of benzene rings is 3. The number of carboxylic acids is 1. The van der Waals surface area contributed by atoms with Gasteiger partial charge in [0.1, 0.15) is 23.9 Å². The molecule has 1 aliphatic rings.